The van der Waals surface area contributed by atoms with Gasteiger partial charge in [0, 0.05) is 23.6 Å². The van der Waals surface area contributed by atoms with Crippen LogP contribution in [0.3, 0.4) is 0 Å². The van der Waals surface area contributed by atoms with Gasteiger partial charge in [0.2, 0.25) is 0 Å². The van der Waals surface area contributed by atoms with Crippen molar-refractivity contribution < 1.29 is 42.9 Å². The zero-order valence-electron chi connectivity index (χ0n) is 12.4. The lowest BCUT2D eigenvalue weighted by molar-refractivity contribution is -2.00. The molecule has 1 aromatic rings. The van der Waals surface area contributed by atoms with Crippen LogP contribution in [0, 0.1) is 16.2 Å². The maximum Gasteiger partial charge on any atom is 0.184 e. The molecule has 1 aliphatic heterocycles. The third-order valence-electron chi connectivity index (χ3n) is 3.02. The maximum absolute atomic E-state index is 8.49. The first-order valence-electron chi connectivity index (χ1n) is 6.78. The van der Waals surface area contributed by atoms with E-state index in [1.54, 1.807) is 0 Å². The first-order chi connectivity index (χ1) is 10.3. The number of aryl methyl sites for hydroxylation is 1. The van der Waals surface area contributed by atoms with E-state index in [0.29, 0.717) is 5.92 Å². The summed E-state index contributed by atoms with van der Waals surface area (Å²) in [6.07, 6.45) is 6.78. The van der Waals surface area contributed by atoms with Crippen LogP contribution in [0.2, 0.25) is 0 Å². The van der Waals surface area contributed by atoms with Crippen LogP contribution in [0.1, 0.15) is 40.1 Å². The first-order valence-corrected chi connectivity index (χ1v) is 8.01. The molecule has 0 aliphatic carbocycles. The fourth-order valence-corrected chi connectivity index (χ4v) is 1.94. The van der Waals surface area contributed by atoms with E-state index in [1.165, 1.54) is 0 Å². The van der Waals surface area contributed by atoms with Crippen LogP contribution < -0.4 is 23.2 Å². The summed E-state index contributed by atoms with van der Waals surface area (Å²) >= 11 is 0. The fourth-order valence-electron chi connectivity index (χ4n) is 1.94. The maximum atomic E-state index is 8.49. The van der Waals surface area contributed by atoms with E-state index in [9.17, 15) is 0 Å². The van der Waals surface area contributed by atoms with E-state index in [0.717, 1.165) is 31.7 Å². The normalized spacial score (nSPS) is 19.9. The molecular formula is C16H28ClNO6. The van der Waals surface area contributed by atoms with Crippen molar-refractivity contribution in [2.45, 2.75) is 41.0 Å². The van der Waals surface area contributed by atoms with Gasteiger partial charge in [0.05, 0.1) is 13.2 Å². The predicted molar refractivity (Wildman–Crippen MR) is 78.7 cm³/mol. The molecule has 0 bridgehead atoms. The summed E-state index contributed by atoms with van der Waals surface area (Å²) in [6.45, 7) is 8.33. The molecule has 0 unspecified atom stereocenters. The number of hydrogen-bond donors (Lipinski definition) is 0. The third-order valence-corrected chi connectivity index (χ3v) is 3.02. The monoisotopic (exact) mass is 365 g/mol. The van der Waals surface area contributed by atoms with Crippen LogP contribution in [0.5, 0.6) is 0 Å². The highest BCUT2D eigenvalue weighted by Gasteiger charge is 2.23. The molecular weight excluding hydrogens is 338 g/mol. The topological polar surface area (TPSA) is 115 Å². The van der Waals surface area contributed by atoms with Gasteiger partial charge < -0.3 is 9.47 Å². The molecule has 8 heteroatoms. The highest BCUT2D eigenvalue weighted by molar-refractivity contribution is 5.09. The van der Waals surface area contributed by atoms with E-state index in [2.05, 4.69) is 42.6 Å². The van der Waals surface area contributed by atoms with Crippen LogP contribution in [0.25, 0.3) is 0 Å². The zero-order valence-corrected chi connectivity index (χ0v) is 13.1. The number of allylic oxidation sites excluding steroid dienone is 1. The summed E-state index contributed by atoms with van der Waals surface area (Å²) < 4.78 is 47.5. The number of halogens is 1. The van der Waals surface area contributed by atoms with Gasteiger partial charge in [0.1, 0.15) is 6.54 Å². The smallest absolute Gasteiger partial charge is 0.184 e. The molecule has 24 heavy (non-hydrogen) atoms. The van der Waals surface area contributed by atoms with Gasteiger partial charge >= 0.3 is 0 Å². The second-order valence-electron chi connectivity index (χ2n) is 4.73. The first kappa shape index (κ1) is 25.2. The second-order valence-corrected chi connectivity index (χ2v) is 5.48. The molecule has 0 saturated carbocycles. The van der Waals surface area contributed by atoms with Crippen LogP contribution in [0.15, 0.2) is 37.2 Å². The van der Waals surface area contributed by atoms with Crippen LogP contribution >= 0.6 is 0 Å². The Labute approximate surface area is 146 Å². The van der Waals surface area contributed by atoms with Crippen molar-refractivity contribution in [2.75, 3.05) is 13.2 Å². The van der Waals surface area contributed by atoms with Crippen molar-refractivity contribution in [3.8, 4) is 0 Å². The molecule has 0 atom stereocenters. The predicted octanol–water partition coefficient (Wildman–Crippen LogP) is -1.25. The fraction of sp³-hybridized carbons (Fsp3) is 0.562. The van der Waals surface area contributed by atoms with Gasteiger partial charge in [-0.3, -0.25) is 0 Å². The zero-order chi connectivity index (χ0) is 16.6. The summed E-state index contributed by atoms with van der Waals surface area (Å²) in [5.74, 6) is 0.452. The number of pyridine rings is 1. The van der Waals surface area contributed by atoms with Gasteiger partial charge in [-0.2, -0.15) is 0 Å². The van der Waals surface area contributed by atoms with Gasteiger partial charge in [-0.25, -0.2) is 23.2 Å². The number of hydrogen-bond acceptors (Lipinski definition) is 6. The molecule has 1 saturated heterocycles. The number of rotatable bonds is 4. The molecule has 2 rings (SSSR count). The molecule has 0 aromatic carbocycles. The van der Waals surface area contributed by atoms with Gasteiger partial charge in [-0.1, -0.05) is 20.9 Å². The Hall–Kier alpha value is -1.06. The van der Waals surface area contributed by atoms with Crippen molar-refractivity contribution >= 4 is 0 Å². The summed E-state index contributed by atoms with van der Waals surface area (Å²) in [7, 11) is -4.94. The molecule has 0 spiro atoms. The summed E-state index contributed by atoms with van der Waals surface area (Å²) in [5.41, 5.74) is 1.09. The van der Waals surface area contributed by atoms with Gasteiger partial charge in [0.15, 0.2) is 18.7 Å². The highest BCUT2D eigenvalue weighted by Crippen LogP contribution is 2.25. The lowest BCUT2D eigenvalue weighted by atomic mass is 10.1. The molecule has 1 aliphatic rings. The standard InChI is InChI=1S/C14H20NO2.2CH4.ClHO4/c1-3-5-12-10-16-14(17-11-12)13-6-8-15(4-2)9-7-13;;;2-1(3,4)5/h3,6-9,12,14H,1,4-5,10-11H2,2H3;2*1H4;(H,2,3,4,5)/q+1;;;/p-1. The van der Waals surface area contributed by atoms with E-state index in [1.807, 2.05) is 6.08 Å². The second kappa shape index (κ2) is 12.3. The molecule has 7 nitrogen and oxygen atoms in total. The number of nitrogens with zero attached hydrogens (tertiary/aromatic N) is 1. The molecule has 0 radical (unpaired) electrons. The molecule has 140 valence electrons. The third kappa shape index (κ3) is 10.7. The summed E-state index contributed by atoms with van der Waals surface area (Å²) in [5, 5.41) is 0. The van der Waals surface area contributed by atoms with E-state index < -0.39 is 10.2 Å². The Morgan fingerprint density at radius 2 is 1.62 bits per heavy atom. The Morgan fingerprint density at radius 1 is 1.17 bits per heavy atom. The lowest BCUT2D eigenvalue weighted by Gasteiger charge is -2.28. The Bertz CT molecular complexity index is 435. The van der Waals surface area contributed by atoms with Crippen molar-refractivity contribution in [1.29, 1.82) is 0 Å². The Morgan fingerprint density at radius 3 is 2.00 bits per heavy atom. The molecule has 1 aromatic heterocycles. The quantitative estimate of drug-likeness (QED) is 0.486. The summed E-state index contributed by atoms with van der Waals surface area (Å²) in [4.78, 5) is 0. The van der Waals surface area contributed by atoms with Gasteiger partial charge in [-0.15, -0.1) is 16.8 Å². The van der Waals surface area contributed by atoms with Crippen LogP contribution in [-0.4, -0.2) is 13.2 Å². The highest BCUT2D eigenvalue weighted by atomic mass is 35.7. The summed E-state index contributed by atoms with van der Waals surface area (Å²) in [6, 6.07) is 4.12. The minimum absolute atomic E-state index is 0. The average Bonchev–Trinajstić information content (AvgIpc) is 2.47. The molecule has 1 fully saturated rings. The Balaban J connectivity index is 0. The largest absolute Gasteiger partial charge is 0.348 e. The minimum Gasteiger partial charge on any atom is -0.348 e. The van der Waals surface area contributed by atoms with E-state index >= 15 is 0 Å². The molecule has 0 N–H and O–H groups in total. The van der Waals surface area contributed by atoms with Crippen molar-refractivity contribution in [2.24, 2.45) is 5.92 Å². The van der Waals surface area contributed by atoms with Crippen LogP contribution in [0.4, 0.5) is 0 Å². The lowest BCUT2D eigenvalue weighted by Crippen LogP contribution is -2.68. The molecule has 0 amide bonds. The van der Waals surface area contributed by atoms with E-state index in [4.69, 9.17) is 28.1 Å². The van der Waals surface area contributed by atoms with Crippen molar-refractivity contribution in [3.05, 3.63) is 42.7 Å². The van der Waals surface area contributed by atoms with Crippen molar-refractivity contribution in [3.63, 3.8) is 0 Å². The number of ether oxygens (including phenoxy) is 2. The van der Waals surface area contributed by atoms with Gasteiger partial charge in [-0.05, 0) is 13.3 Å². The van der Waals surface area contributed by atoms with E-state index in [-0.39, 0.29) is 21.1 Å². The Kier molecular flexibility index (Phi) is 12.9. The minimum atomic E-state index is -4.94. The SMILES string of the molecule is C.C.C=CCC1COC(c2cc[n+](CC)cc2)OC1.[O-][Cl+3]([O-])([O-])[O-]. The van der Waals surface area contributed by atoms with Gasteiger partial charge in [0.25, 0.3) is 0 Å². The van der Waals surface area contributed by atoms with Crippen molar-refractivity contribution in [1.82, 2.24) is 0 Å². The number of aromatic nitrogens is 1. The molecule has 2 heterocycles. The average molecular weight is 366 g/mol. The van der Waals surface area contributed by atoms with Crippen LogP contribution in [-0.2, 0) is 16.0 Å².